The van der Waals surface area contributed by atoms with Crippen molar-refractivity contribution in [2.45, 2.75) is 92.7 Å². The van der Waals surface area contributed by atoms with Gasteiger partial charge in [0.15, 0.2) is 12.3 Å². The van der Waals surface area contributed by atoms with Crippen molar-refractivity contribution < 1.29 is 85.3 Å². The molecule has 2 rings (SSSR count). The van der Waals surface area contributed by atoms with Crippen LogP contribution < -0.4 is 0 Å². The maximum absolute atomic E-state index is 13.6. The number of hydrogen-bond acceptors (Lipinski definition) is 3. The number of hydrogen-bond donors (Lipinski definition) is 2. The second-order valence-corrected chi connectivity index (χ2v) is 10.1. The minimum Gasteiger partial charge on any atom is -0.359 e. The third-order valence-electron chi connectivity index (χ3n) is 6.53. The SMILES string of the molecule is O=C(C(F)CCCc1ccccc1)C(F)(F)C(F)(F)C(F)(F)F.OC(O)(C(F)CCCc1ccccc1)C(F)(F)C(F)(F)C(F)(F)F. The number of alkyl halides is 16. The number of benzene rings is 2. The Hall–Kier alpha value is -3.09. The standard InChI is InChI=1S/C14H14F8O2.C14H12F8O/c15-10(8-4-7-9-5-2-1-3-6-9)11(23,24)12(16,17)13(18,19)14(20,21)22;15-10(8-4-7-9-5-2-1-3-6-9)11(23)12(16,17)13(18,19)14(20,21)22/h1-3,5-6,10,23-24H,4,7-8H2;1-3,5-6,10H,4,7-8H2. The summed E-state index contributed by atoms with van der Waals surface area (Å²) in [5.41, 5.74) is 1.30. The molecular weight excluding hydrogens is 688 g/mol. The summed E-state index contributed by atoms with van der Waals surface area (Å²) in [5, 5.41) is 17.9. The number of ketones is 1. The topological polar surface area (TPSA) is 57.5 Å². The van der Waals surface area contributed by atoms with Crippen LogP contribution in [-0.2, 0) is 17.6 Å². The number of Topliss-reactive ketones (excluding diaryl/α,β-unsaturated/α-hetero) is 1. The zero-order valence-corrected chi connectivity index (χ0v) is 23.5. The van der Waals surface area contributed by atoms with Gasteiger partial charge in [0.2, 0.25) is 5.78 Å². The molecule has 2 atom stereocenters. The summed E-state index contributed by atoms with van der Waals surface area (Å²) < 4.78 is 202. The molecular formula is C28H26F16O3. The highest BCUT2D eigenvalue weighted by atomic mass is 19.4. The molecule has 0 heterocycles. The number of carbonyl (C=O) groups is 1. The summed E-state index contributed by atoms with van der Waals surface area (Å²) in [7, 11) is 0. The lowest BCUT2D eigenvalue weighted by Gasteiger charge is -2.38. The van der Waals surface area contributed by atoms with Gasteiger partial charge in [-0.3, -0.25) is 4.79 Å². The van der Waals surface area contributed by atoms with E-state index in [4.69, 9.17) is 10.2 Å². The van der Waals surface area contributed by atoms with Crippen LogP contribution in [0.1, 0.15) is 36.8 Å². The Bertz CT molecular complexity index is 1250. The molecule has 2 aromatic carbocycles. The Kier molecular flexibility index (Phi) is 13.8. The summed E-state index contributed by atoms with van der Waals surface area (Å²) >= 11 is 0. The van der Waals surface area contributed by atoms with Crippen molar-refractivity contribution in [3.8, 4) is 0 Å². The van der Waals surface area contributed by atoms with Crippen LogP contribution in [0.2, 0.25) is 0 Å². The van der Waals surface area contributed by atoms with Gasteiger partial charge in [0.1, 0.15) is 0 Å². The molecule has 0 aromatic heterocycles. The monoisotopic (exact) mass is 714 g/mol. The molecule has 0 aliphatic rings. The van der Waals surface area contributed by atoms with E-state index in [1.165, 1.54) is 0 Å². The molecule has 0 aliphatic carbocycles. The lowest BCUT2D eigenvalue weighted by atomic mass is 9.93. The molecule has 2 unspecified atom stereocenters. The van der Waals surface area contributed by atoms with Crippen LogP contribution in [0.25, 0.3) is 0 Å². The van der Waals surface area contributed by atoms with Crippen LogP contribution in [-0.4, -0.2) is 70.2 Å². The van der Waals surface area contributed by atoms with Crippen LogP contribution >= 0.6 is 0 Å². The second kappa shape index (κ2) is 15.4. The summed E-state index contributed by atoms with van der Waals surface area (Å²) in [6.07, 6.45) is -22.1. The summed E-state index contributed by atoms with van der Waals surface area (Å²) in [6, 6.07) is 16.3. The van der Waals surface area contributed by atoms with Gasteiger partial charge in [0.25, 0.3) is 5.79 Å². The van der Waals surface area contributed by atoms with Crippen molar-refractivity contribution in [3.05, 3.63) is 71.8 Å². The summed E-state index contributed by atoms with van der Waals surface area (Å²) in [6.45, 7) is 0. The molecule has 19 heteroatoms. The van der Waals surface area contributed by atoms with E-state index in [-0.39, 0.29) is 25.7 Å². The van der Waals surface area contributed by atoms with E-state index in [9.17, 15) is 75.0 Å². The van der Waals surface area contributed by atoms with Gasteiger partial charge in [-0.1, -0.05) is 60.7 Å². The largest absolute Gasteiger partial charge is 0.460 e. The number of halogens is 16. The van der Waals surface area contributed by atoms with Crippen molar-refractivity contribution in [1.82, 2.24) is 0 Å². The van der Waals surface area contributed by atoms with Gasteiger partial charge < -0.3 is 10.2 Å². The zero-order chi connectivity index (χ0) is 36.7. The molecule has 0 bridgehead atoms. The fourth-order valence-electron chi connectivity index (χ4n) is 3.73. The fraction of sp³-hybridized carbons (Fsp3) is 0.536. The lowest BCUT2D eigenvalue weighted by Crippen LogP contribution is -2.67. The number of carbonyl (C=O) groups excluding carboxylic acids is 1. The molecule has 0 saturated carbocycles. The van der Waals surface area contributed by atoms with Gasteiger partial charge in [0, 0.05) is 0 Å². The fourth-order valence-corrected chi connectivity index (χ4v) is 3.73. The first-order chi connectivity index (χ1) is 21.2. The molecule has 0 radical (unpaired) electrons. The molecule has 0 spiro atoms. The molecule has 2 N–H and O–H groups in total. The lowest BCUT2D eigenvalue weighted by molar-refractivity contribution is -0.432. The van der Waals surface area contributed by atoms with Crippen LogP contribution in [0.5, 0.6) is 0 Å². The predicted molar refractivity (Wildman–Crippen MR) is 133 cm³/mol. The molecule has 0 aliphatic heterocycles. The van der Waals surface area contributed by atoms with Gasteiger partial charge >= 0.3 is 36.0 Å². The van der Waals surface area contributed by atoms with Crippen LogP contribution in [0, 0.1) is 0 Å². The van der Waals surface area contributed by atoms with Crippen molar-refractivity contribution in [2.75, 3.05) is 0 Å². The highest BCUT2D eigenvalue weighted by Crippen LogP contribution is 2.52. The normalized spacial score (nSPS) is 15.0. The van der Waals surface area contributed by atoms with Crippen molar-refractivity contribution >= 4 is 5.78 Å². The van der Waals surface area contributed by atoms with E-state index in [1.807, 2.05) is 0 Å². The van der Waals surface area contributed by atoms with Gasteiger partial charge in [-0.05, 0) is 49.7 Å². The Labute approximate surface area is 256 Å². The van der Waals surface area contributed by atoms with Crippen LogP contribution in [0.4, 0.5) is 70.2 Å². The van der Waals surface area contributed by atoms with E-state index in [2.05, 4.69) is 0 Å². The molecule has 0 amide bonds. The quantitative estimate of drug-likeness (QED) is 0.152. The van der Waals surface area contributed by atoms with Gasteiger partial charge in [0.05, 0.1) is 0 Å². The molecule has 47 heavy (non-hydrogen) atoms. The van der Waals surface area contributed by atoms with E-state index in [0.29, 0.717) is 11.1 Å². The molecule has 0 fully saturated rings. The first-order valence-electron chi connectivity index (χ1n) is 13.2. The number of aryl methyl sites for hydroxylation is 2. The highest BCUT2D eigenvalue weighted by Gasteiger charge is 2.81. The predicted octanol–water partition coefficient (Wildman–Crippen LogP) is 8.61. The molecule has 3 nitrogen and oxygen atoms in total. The number of rotatable bonds is 14. The summed E-state index contributed by atoms with van der Waals surface area (Å²) in [4.78, 5) is 11.0. The molecule has 268 valence electrons. The van der Waals surface area contributed by atoms with Gasteiger partial charge in [-0.25, -0.2) is 8.78 Å². The Morgan fingerprint density at radius 2 is 0.915 bits per heavy atom. The maximum atomic E-state index is 13.6. The van der Waals surface area contributed by atoms with Crippen molar-refractivity contribution in [3.63, 3.8) is 0 Å². The second-order valence-electron chi connectivity index (χ2n) is 10.1. The Morgan fingerprint density at radius 3 is 1.28 bits per heavy atom. The van der Waals surface area contributed by atoms with Crippen LogP contribution in [0.3, 0.4) is 0 Å². The number of aliphatic hydroxyl groups is 2. The molecule has 2 aromatic rings. The van der Waals surface area contributed by atoms with Gasteiger partial charge in [-0.2, -0.15) is 61.5 Å². The first kappa shape index (κ1) is 41.9. The average molecular weight is 714 g/mol. The minimum absolute atomic E-state index is 0.0819. The maximum Gasteiger partial charge on any atom is 0.460 e. The van der Waals surface area contributed by atoms with Crippen molar-refractivity contribution in [2.24, 2.45) is 0 Å². The van der Waals surface area contributed by atoms with Gasteiger partial charge in [-0.15, -0.1) is 0 Å². The minimum atomic E-state index is -6.81. The first-order valence-corrected chi connectivity index (χ1v) is 13.2. The third kappa shape index (κ3) is 9.73. The van der Waals surface area contributed by atoms with E-state index < -0.39 is 72.8 Å². The highest BCUT2D eigenvalue weighted by molar-refractivity contribution is 5.90. The van der Waals surface area contributed by atoms with E-state index in [1.54, 1.807) is 60.7 Å². The smallest absolute Gasteiger partial charge is 0.359 e. The molecule has 0 saturated heterocycles. The summed E-state index contributed by atoms with van der Waals surface area (Å²) in [5.74, 6) is -34.3. The Balaban J connectivity index is 0.000000470. The third-order valence-corrected chi connectivity index (χ3v) is 6.53. The van der Waals surface area contributed by atoms with E-state index >= 15 is 0 Å². The zero-order valence-electron chi connectivity index (χ0n) is 23.5. The average Bonchev–Trinajstić information content (AvgIpc) is 2.96. The van der Waals surface area contributed by atoms with Crippen molar-refractivity contribution in [1.29, 1.82) is 0 Å². The van der Waals surface area contributed by atoms with E-state index in [0.717, 1.165) is 0 Å². The Morgan fingerprint density at radius 1 is 0.553 bits per heavy atom. The van der Waals surface area contributed by atoms with Crippen LogP contribution in [0.15, 0.2) is 60.7 Å².